The summed E-state index contributed by atoms with van der Waals surface area (Å²) in [4.78, 5) is 25.3. The van der Waals surface area contributed by atoms with Gasteiger partial charge in [-0.1, -0.05) is 192 Å². The van der Waals surface area contributed by atoms with Crippen LogP contribution in [-0.4, -0.2) is 68.5 Å². The van der Waals surface area contributed by atoms with Gasteiger partial charge in [-0.05, 0) is 44.9 Å². The maximum Gasteiger partial charge on any atom is 0.268 e. The van der Waals surface area contributed by atoms with Crippen LogP contribution in [0.25, 0.3) is 0 Å². The number of nitrogens with zero attached hydrogens (tertiary/aromatic N) is 1. The summed E-state index contributed by atoms with van der Waals surface area (Å²) in [7, 11) is 1.26. The maximum absolute atomic E-state index is 12.9. The first kappa shape index (κ1) is 55.0. The van der Waals surface area contributed by atoms with Gasteiger partial charge < -0.3 is 28.8 Å². The first-order valence-corrected chi connectivity index (χ1v) is 25.2. The molecule has 0 aliphatic carbocycles. The number of unbranched alkanes of at least 4 members (excludes halogenated alkanes) is 28. The fourth-order valence-electron chi connectivity index (χ4n) is 6.85. The minimum Gasteiger partial charge on any atom is -0.756 e. The molecule has 0 radical (unpaired) electrons. The summed E-state index contributed by atoms with van der Waals surface area (Å²) in [6.45, 7) is 4.65. The number of amides is 1. The van der Waals surface area contributed by atoms with Gasteiger partial charge in [-0.15, -0.1) is 0 Å². The summed E-state index contributed by atoms with van der Waals surface area (Å²) in [6.07, 6.45) is 46.5. The second-order valence-corrected chi connectivity index (χ2v) is 18.9. The van der Waals surface area contributed by atoms with Crippen LogP contribution in [0.1, 0.15) is 219 Å². The van der Waals surface area contributed by atoms with Crippen LogP contribution in [0.15, 0.2) is 24.3 Å². The molecule has 0 bridgehead atoms. The highest BCUT2D eigenvalue weighted by Crippen LogP contribution is 2.38. The fourth-order valence-corrected chi connectivity index (χ4v) is 7.58. The number of aliphatic hydroxyl groups excluding tert-OH is 1. The summed E-state index contributed by atoms with van der Waals surface area (Å²) in [5, 5.41) is 13.8. The van der Waals surface area contributed by atoms with Crippen molar-refractivity contribution < 1.29 is 32.9 Å². The van der Waals surface area contributed by atoms with E-state index < -0.39 is 20.0 Å². The van der Waals surface area contributed by atoms with Gasteiger partial charge in [0.15, 0.2) is 0 Å². The van der Waals surface area contributed by atoms with E-state index in [1.165, 1.54) is 148 Å². The molecule has 2 N–H and O–H groups in total. The molecular weight excluding hydrogens is 719 g/mol. The van der Waals surface area contributed by atoms with E-state index in [1.54, 1.807) is 6.08 Å². The zero-order chi connectivity index (χ0) is 41.4. The second kappa shape index (κ2) is 39.4. The van der Waals surface area contributed by atoms with Crippen molar-refractivity contribution in [2.24, 2.45) is 0 Å². The zero-order valence-corrected chi connectivity index (χ0v) is 38.5. The lowest BCUT2D eigenvalue weighted by molar-refractivity contribution is -0.870. The lowest BCUT2D eigenvalue weighted by atomic mass is 10.0. The summed E-state index contributed by atoms with van der Waals surface area (Å²) < 4.78 is 23.2. The average Bonchev–Trinajstić information content (AvgIpc) is 3.15. The predicted octanol–water partition coefficient (Wildman–Crippen LogP) is 12.7. The molecular formula is C47H93N2O6P. The third kappa shape index (κ3) is 41.2. The molecule has 332 valence electrons. The SMILES string of the molecule is CCCCCCCCC/C=C\CCCCCCCC(=O)NC(COP(=O)([O-])OCC[N+](C)(C)C)C(O)/C=C/CCCCCCCCCCCCCCCCCC. The lowest BCUT2D eigenvalue weighted by Gasteiger charge is -2.29. The Morgan fingerprint density at radius 1 is 0.607 bits per heavy atom. The molecule has 0 aromatic heterocycles. The number of aliphatic hydroxyl groups is 1. The first-order valence-electron chi connectivity index (χ1n) is 23.7. The third-order valence-corrected chi connectivity index (χ3v) is 11.6. The molecule has 9 heteroatoms. The molecule has 0 spiro atoms. The highest BCUT2D eigenvalue weighted by Gasteiger charge is 2.23. The molecule has 0 aliphatic rings. The number of carbonyl (C=O) groups is 1. The van der Waals surface area contributed by atoms with E-state index in [1.807, 2.05) is 27.2 Å². The van der Waals surface area contributed by atoms with E-state index in [4.69, 9.17) is 9.05 Å². The van der Waals surface area contributed by atoms with Crippen molar-refractivity contribution in [2.75, 3.05) is 40.9 Å². The van der Waals surface area contributed by atoms with Gasteiger partial charge in [0.1, 0.15) is 13.2 Å². The second-order valence-electron chi connectivity index (χ2n) is 17.5. The lowest BCUT2D eigenvalue weighted by Crippen LogP contribution is -2.45. The van der Waals surface area contributed by atoms with Gasteiger partial charge >= 0.3 is 0 Å². The Bertz CT molecular complexity index is 969. The Hall–Kier alpha value is -1.02. The summed E-state index contributed by atoms with van der Waals surface area (Å²) in [6, 6.07) is -0.887. The molecule has 3 unspecified atom stereocenters. The Morgan fingerprint density at radius 2 is 0.982 bits per heavy atom. The highest BCUT2D eigenvalue weighted by molar-refractivity contribution is 7.45. The predicted molar refractivity (Wildman–Crippen MR) is 238 cm³/mol. The molecule has 8 nitrogen and oxygen atoms in total. The van der Waals surface area contributed by atoms with Crippen LogP contribution in [0, 0.1) is 0 Å². The smallest absolute Gasteiger partial charge is 0.268 e. The molecule has 0 heterocycles. The van der Waals surface area contributed by atoms with Crippen LogP contribution in [0.2, 0.25) is 0 Å². The van der Waals surface area contributed by atoms with Crippen molar-refractivity contribution in [3.63, 3.8) is 0 Å². The van der Waals surface area contributed by atoms with E-state index in [0.717, 1.165) is 51.4 Å². The van der Waals surface area contributed by atoms with Gasteiger partial charge in [0.2, 0.25) is 5.91 Å². The Kier molecular flexibility index (Phi) is 38.7. The van der Waals surface area contributed by atoms with E-state index >= 15 is 0 Å². The minimum absolute atomic E-state index is 0.00138. The average molecular weight is 813 g/mol. The maximum atomic E-state index is 12.9. The van der Waals surface area contributed by atoms with Crippen LogP contribution in [0.4, 0.5) is 0 Å². The Labute approximate surface area is 347 Å². The summed E-state index contributed by atoms with van der Waals surface area (Å²) >= 11 is 0. The normalized spacial score (nSPS) is 14.5. The number of quaternary nitrogens is 1. The van der Waals surface area contributed by atoms with Crippen molar-refractivity contribution >= 4 is 13.7 Å². The third-order valence-electron chi connectivity index (χ3n) is 10.7. The van der Waals surface area contributed by atoms with Crippen molar-refractivity contribution in [2.45, 2.75) is 231 Å². The highest BCUT2D eigenvalue weighted by atomic mass is 31.2. The minimum atomic E-state index is -4.59. The number of rotatable bonds is 43. The van der Waals surface area contributed by atoms with Crippen LogP contribution < -0.4 is 10.2 Å². The number of likely N-dealkylation sites (N-methyl/N-ethyl adjacent to an activating group) is 1. The number of phosphoric acid groups is 1. The van der Waals surface area contributed by atoms with Crippen molar-refractivity contribution in [1.29, 1.82) is 0 Å². The molecule has 3 atom stereocenters. The van der Waals surface area contributed by atoms with Crippen LogP contribution in [-0.2, 0) is 18.4 Å². The molecule has 0 fully saturated rings. The van der Waals surface area contributed by atoms with Crippen LogP contribution in [0.3, 0.4) is 0 Å². The van der Waals surface area contributed by atoms with Crippen LogP contribution in [0.5, 0.6) is 0 Å². The summed E-state index contributed by atoms with van der Waals surface area (Å²) in [5.74, 6) is -0.205. The van der Waals surface area contributed by atoms with E-state index in [2.05, 4.69) is 31.3 Å². The Balaban J connectivity index is 4.39. The molecule has 0 saturated carbocycles. The number of hydrogen-bond acceptors (Lipinski definition) is 6. The van der Waals surface area contributed by atoms with E-state index in [9.17, 15) is 19.4 Å². The monoisotopic (exact) mass is 813 g/mol. The number of hydrogen-bond donors (Lipinski definition) is 2. The molecule has 0 saturated heterocycles. The quantitative estimate of drug-likeness (QED) is 0.0275. The molecule has 0 aliphatic heterocycles. The summed E-state index contributed by atoms with van der Waals surface area (Å²) in [5.41, 5.74) is 0. The number of allylic oxidation sites excluding steroid dienone is 3. The fraction of sp³-hybridized carbons (Fsp3) is 0.894. The standard InChI is InChI=1S/C47H93N2O6P/c1-6-8-10-12-14-16-18-20-22-24-25-26-28-30-32-34-36-38-40-46(50)45(44-55-56(52,53)54-43-42-49(3,4)5)48-47(51)41-39-37-35-33-31-29-27-23-21-19-17-15-13-11-9-7-2/h23,27,38,40,45-46,50H,6-22,24-26,28-37,39,41-44H2,1-5H3,(H-,48,51,52,53)/b27-23-,40-38+. The molecule has 0 aromatic rings. The van der Waals surface area contributed by atoms with E-state index in [-0.39, 0.29) is 19.1 Å². The zero-order valence-electron chi connectivity index (χ0n) is 37.6. The Morgan fingerprint density at radius 3 is 1.39 bits per heavy atom. The molecule has 0 aromatic carbocycles. The molecule has 1 amide bonds. The van der Waals surface area contributed by atoms with Crippen molar-refractivity contribution in [1.82, 2.24) is 5.32 Å². The van der Waals surface area contributed by atoms with Crippen LogP contribution >= 0.6 is 7.82 Å². The number of phosphoric ester groups is 1. The van der Waals surface area contributed by atoms with Crippen molar-refractivity contribution in [3.8, 4) is 0 Å². The largest absolute Gasteiger partial charge is 0.756 e. The van der Waals surface area contributed by atoms with Crippen molar-refractivity contribution in [3.05, 3.63) is 24.3 Å². The topological polar surface area (TPSA) is 108 Å². The van der Waals surface area contributed by atoms with Gasteiger partial charge in [0, 0.05) is 6.42 Å². The van der Waals surface area contributed by atoms with E-state index in [0.29, 0.717) is 17.4 Å². The molecule has 56 heavy (non-hydrogen) atoms. The van der Waals surface area contributed by atoms with Gasteiger partial charge in [-0.3, -0.25) is 9.36 Å². The van der Waals surface area contributed by atoms with Gasteiger partial charge in [0.05, 0.1) is 39.9 Å². The van der Waals surface area contributed by atoms with Gasteiger partial charge in [0.25, 0.3) is 7.82 Å². The molecule has 0 rings (SSSR count). The van der Waals surface area contributed by atoms with Gasteiger partial charge in [-0.2, -0.15) is 0 Å². The van der Waals surface area contributed by atoms with Gasteiger partial charge in [-0.25, -0.2) is 0 Å². The first-order chi connectivity index (χ1) is 27.0. The number of carbonyl (C=O) groups excluding carboxylic acids is 1. The number of nitrogens with one attached hydrogen (secondary N) is 1.